The number of nitrogens with zero attached hydrogens (tertiary/aromatic N) is 3. The largest absolute Gasteiger partial charge is 0.482 e. The molecule has 6 heteroatoms. The Bertz CT molecular complexity index is 1290. The Morgan fingerprint density at radius 3 is 2.79 bits per heavy atom. The van der Waals surface area contributed by atoms with Crippen molar-refractivity contribution in [2.75, 3.05) is 0 Å². The molecule has 5 aromatic rings. The number of ether oxygens (including phenoxy) is 1. The lowest BCUT2D eigenvalue weighted by molar-refractivity contribution is 0.261. The molecule has 29 heavy (non-hydrogen) atoms. The van der Waals surface area contributed by atoms with E-state index in [-0.39, 0.29) is 6.61 Å². The van der Waals surface area contributed by atoms with E-state index in [2.05, 4.69) is 32.3 Å². The summed E-state index contributed by atoms with van der Waals surface area (Å²) in [5, 5.41) is 10.6. The third kappa shape index (κ3) is 3.57. The summed E-state index contributed by atoms with van der Waals surface area (Å²) in [5.74, 6) is 1.79. The average molecular weight is 384 g/mol. The Morgan fingerprint density at radius 2 is 1.83 bits per heavy atom. The molecular formula is C23H20N4O2. The van der Waals surface area contributed by atoms with E-state index in [4.69, 9.17) is 9.15 Å². The Morgan fingerprint density at radius 1 is 0.931 bits per heavy atom. The van der Waals surface area contributed by atoms with Crippen molar-refractivity contribution in [2.45, 2.75) is 26.4 Å². The van der Waals surface area contributed by atoms with E-state index in [0.717, 1.165) is 28.5 Å². The molecule has 0 aliphatic rings. The van der Waals surface area contributed by atoms with Crippen LogP contribution in [-0.4, -0.2) is 20.2 Å². The SMILES string of the molecule is Cc1ccc2cccc(OCc3nnc(CCc4c[nH]c5ccccc45)o3)c2n1. The maximum Gasteiger partial charge on any atom is 0.253 e. The molecule has 0 aliphatic carbocycles. The Labute approximate surface area is 167 Å². The summed E-state index contributed by atoms with van der Waals surface area (Å²) in [6.45, 7) is 2.18. The molecule has 5 rings (SSSR count). The maximum atomic E-state index is 5.92. The van der Waals surface area contributed by atoms with Crippen LogP contribution in [0, 0.1) is 6.92 Å². The van der Waals surface area contributed by atoms with Crippen molar-refractivity contribution in [3.8, 4) is 5.75 Å². The molecule has 0 fully saturated rings. The van der Waals surface area contributed by atoms with Crippen molar-refractivity contribution < 1.29 is 9.15 Å². The molecule has 1 N–H and O–H groups in total. The normalized spacial score (nSPS) is 11.3. The van der Waals surface area contributed by atoms with Gasteiger partial charge in [0, 0.05) is 34.6 Å². The van der Waals surface area contributed by atoms with E-state index in [1.807, 2.05) is 55.6 Å². The van der Waals surface area contributed by atoms with Crippen LogP contribution in [-0.2, 0) is 19.4 Å². The minimum atomic E-state index is 0.217. The number of benzene rings is 2. The molecule has 0 amide bonds. The second kappa shape index (κ2) is 7.39. The fourth-order valence-electron chi connectivity index (χ4n) is 3.50. The predicted molar refractivity (Wildman–Crippen MR) is 111 cm³/mol. The number of hydrogen-bond acceptors (Lipinski definition) is 5. The highest BCUT2D eigenvalue weighted by Gasteiger charge is 2.11. The highest BCUT2D eigenvalue weighted by Crippen LogP contribution is 2.25. The van der Waals surface area contributed by atoms with Gasteiger partial charge >= 0.3 is 0 Å². The molecule has 0 unspecified atom stereocenters. The minimum Gasteiger partial charge on any atom is -0.482 e. The Balaban J connectivity index is 1.26. The monoisotopic (exact) mass is 384 g/mol. The minimum absolute atomic E-state index is 0.217. The van der Waals surface area contributed by atoms with Gasteiger partial charge in [0.15, 0.2) is 6.61 Å². The van der Waals surface area contributed by atoms with Gasteiger partial charge in [-0.1, -0.05) is 36.4 Å². The molecule has 0 radical (unpaired) electrons. The van der Waals surface area contributed by atoms with Crippen LogP contribution in [0.15, 0.2) is 65.2 Å². The number of hydrogen-bond donors (Lipinski definition) is 1. The van der Waals surface area contributed by atoms with Gasteiger partial charge in [-0.3, -0.25) is 0 Å². The molecule has 0 saturated heterocycles. The van der Waals surface area contributed by atoms with Crippen molar-refractivity contribution >= 4 is 21.8 Å². The Hall–Kier alpha value is -3.67. The number of aromatic nitrogens is 4. The summed E-state index contributed by atoms with van der Waals surface area (Å²) in [6.07, 6.45) is 3.56. The molecule has 0 bridgehead atoms. The van der Waals surface area contributed by atoms with E-state index < -0.39 is 0 Å². The van der Waals surface area contributed by atoms with Crippen molar-refractivity contribution in [3.05, 3.63) is 83.8 Å². The van der Waals surface area contributed by atoms with Crippen molar-refractivity contribution in [2.24, 2.45) is 0 Å². The van der Waals surface area contributed by atoms with Crippen molar-refractivity contribution in [1.29, 1.82) is 0 Å². The van der Waals surface area contributed by atoms with Crippen LogP contribution in [0.3, 0.4) is 0 Å². The van der Waals surface area contributed by atoms with Crippen LogP contribution in [0.4, 0.5) is 0 Å². The first-order chi connectivity index (χ1) is 14.3. The third-order valence-electron chi connectivity index (χ3n) is 4.97. The van der Waals surface area contributed by atoms with Gasteiger partial charge in [0.2, 0.25) is 5.89 Å². The van der Waals surface area contributed by atoms with E-state index in [1.165, 1.54) is 10.9 Å². The fourth-order valence-corrected chi connectivity index (χ4v) is 3.50. The zero-order chi connectivity index (χ0) is 19.6. The molecule has 0 aliphatic heterocycles. The first-order valence-corrected chi connectivity index (χ1v) is 9.62. The summed E-state index contributed by atoms with van der Waals surface area (Å²) < 4.78 is 11.7. The summed E-state index contributed by atoms with van der Waals surface area (Å²) in [6, 6.07) is 18.2. The maximum absolute atomic E-state index is 5.92. The second-order valence-electron chi connectivity index (χ2n) is 7.02. The van der Waals surface area contributed by atoms with Crippen molar-refractivity contribution in [3.63, 3.8) is 0 Å². The first kappa shape index (κ1) is 17.4. The predicted octanol–water partition coefficient (Wildman–Crippen LogP) is 4.77. The zero-order valence-electron chi connectivity index (χ0n) is 16.1. The molecule has 3 aromatic heterocycles. The molecule has 0 spiro atoms. The fraction of sp³-hybridized carbons (Fsp3) is 0.174. The highest BCUT2D eigenvalue weighted by molar-refractivity contribution is 5.84. The zero-order valence-corrected chi connectivity index (χ0v) is 16.1. The second-order valence-corrected chi connectivity index (χ2v) is 7.02. The van der Waals surface area contributed by atoms with Gasteiger partial charge in [-0.2, -0.15) is 0 Å². The van der Waals surface area contributed by atoms with Gasteiger partial charge in [-0.15, -0.1) is 10.2 Å². The first-order valence-electron chi connectivity index (χ1n) is 9.62. The topological polar surface area (TPSA) is 76.8 Å². The summed E-state index contributed by atoms with van der Waals surface area (Å²) in [7, 11) is 0. The van der Waals surface area contributed by atoms with Crippen LogP contribution in [0.25, 0.3) is 21.8 Å². The van der Waals surface area contributed by atoms with Gasteiger partial charge < -0.3 is 14.1 Å². The smallest absolute Gasteiger partial charge is 0.253 e. The number of pyridine rings is 1. The molecule has 144 valence electrons. The number of aromatic amines is 1. The lowest BCUT2D eigenvalue weighted by Gasteiger charge is -2.07. The number of nitrogens with one attached hydrogen (secondary N) is 1. The molecule has 3 heterocycles. The standard InChI is InChI=1S/C23H20N4O2/c1-15-9-10-16-5-4-8-20(23(16)25-15)28-14-22-27-26-21(29-22)12-11-17-13-24-19-7-3-2-6-18(17)19/h2-10,13,24H,11-12,14H2,1H3. The molecule has 6 nitrogen and oxygen atoms in total. The molecule has 2 aromatic carbocycles. The third-order valence-corrected chi connectivity index (χ3v) is 4.97. The number of para-hydroxylation sites is 2. The van der Waals surface area contributed by atoms with Gasteiger partial charge in [-0.05, 0) is 37.1 Å². The van der Waals surface area contributed by atoms with E-state index in [0.29, 0.717) is 24.0 Å². The van der Waals surface area contributed by atoms with Gasteiger partial charge in [-0.25, -0.2) is 4.98 Å². The number of aryl methyl sites for hydroxylation is 3. The highest BCUT2D eigenvalue weighted by atomic mass is 16.5. The van der Waals surface area contributed by atoms with Gasteiger partial charge in [0.25, 0.3) is 5.89 Å². The van der Waals surface area contributed by atoms with Crippen LogP contribution >= 0.6 is 0 Å². The summed E-state index contributed by atoms with van der Waals surface area (Å²) in [4.78, 5) is 7.88. The lowest BCUT2D eigenvalue weighted by Crippen LogP contribution is -1.97. The van der Waals surface area contributed by atoms with Crippen LogP contribution in [0.2, 0.25) is 0 Å². The molecule has 0 saturated carbocycles. The quantitative estimate of drug-likeness (QED) is 0.456. The Kier molecular flexibility index (Phi) is 4.44. The summed E-state index contributed by atoms with van der Waals surface area (Å²) in [5.41, 5.74) is 4.17. The lowest BCUT2D eigenvalue weighted by atomic mass is 10.1. The van der Waals surface area contributed by atoms with Crippen LogP contribution in [0.5, 0.6) is 5.75 Å². The number of H-pyrrole nitrogens is 1. The average Bonchev–Trinajstić information content (AvgIpc) is 3.37. The number of fused-ring (bicyclic) bond motifs is 2. The van der Waals surface area contributed by atoms with E-state index >= 15 is 0 Å². The van der Waals surface area contributed by atoms with E-state index in [9.17, 15) is 0 Å². The van der Waals surface area contributed by atoms with Gasteiger partial charge in [0.1, 0.15) is 11.3 Å². The van der Waals surface area contributed by atoms with Gasteiger partial charge in [0.05, 0.1) is 0 Å². The van der Waals surface area contributed by atoms with E-state index in [1.54, 1.807) is 0 Å². The van der Waals surface area contributed by atoms with Crippen LogP contribution in [0.1, 0.15) is 23.0 Å². The van der Waals surface area contributed by atoms with Crippen LogP contribution < -0.4 is 4.74 Å². The molecular weight excluding hydrogens is 364 g/mol. The molecule has 0 atom stereocenters. The summed E-state index contributed by atoms with van der Waals surface area (Å²) >= 11 is 0. The van der Waals surface area contributed by atoms with Crippen molar-refractivity contribution in [1.82, 2.24) is 20.2 Å². The number of rotatable bonds is 6.